The number of rotatable bonds is 7. The van der Waals surface area contributed by atoms with Crippen molar-refractivity contribution < 1.29 is 9.53 Å². The summed E-state index contributed by atoms with van der Waals surface area (Å²) in [5, 5.41) is 4.06. The van der Waals surface area contributed by atoms with Crippen LogP contribution in [0.1, 0.15) is 29.9 Å². The van der Waals surface area contributed by atoms with E-state index in [2.05, 4.69) is 58.6 Å². The maximum atomic E-state index is 12.7. The lowest BCUT2D eigenvalue weighted by Crippen LogP contribution is -2.46. The van der Waals surface area contributed by atoms with E-state index in [0.717, 1.165) is 6.42 Å². The Hall–Kier alpha value is -2.99. The number of carbonyl (C=O) groups is 1. The van der Waals surface area contributed by atoms with Crippen molar-refractivity contribution in [1.82, 2.24) is 19.7 Å². The van der Waals surface area contributed by atoms with Gasteiger partial charge in [0.25, 0.3) is 0 Å². The number of aromatic nitrogens is 3. The summed E-state index contributed by atoms with van der Waals surface area (Å²) >= 11 is 0. The molecule has 6 nitrogen and oxygen atoms in total. The van der Waals surface area contributed by atoms with Crippen molar-refractivity contribution in [3.05, 3.63) is 84.4 Å². The van der Waals surface area contributed by atoms with E-state index in [1.54, 1.807) is 11.0 Å². The monoisotopic (exact) mass is 390 g/mol. The number of hydrogen-bond donors (Lipinski definition) is 0. The van der Waals surface area contributed by atoms with Crippen LogP contribution in [-0.2, 0) is 16.1 Å². The maximum absolute atomic E-state index is 12.7. The zero-order valence-electron chi connectivity index (χ0n) is 16.4. The Kier molecular flexibility index (Phi) is 6.32. The van der Waals surface area contributed by atoms with E-state index in [4.69, 9.17) is 4.74 Å². The van der Waals surface area contributed by atoms with E-state index in [1.807, 2.05) is 17.0 Å². The molecule has 0 N–H and O–H groups in total. The molecule has 0 saturated carbocycles. The molecular formula is C23H26N4O2. The fourth-order valence-corrected chi connectivity index (χ4v) is 3.90. The number of ether oxygens (including phenoxy) is 1. The van der Waals surface area contributed by atoms with Crippen LogP contribution < -0.4 is 0 Å². The number of benzene rings is 2. The number of hydrogen-bond acceptors (Lipinski definition) is 4. The van der Waals surface area contributed by atoms with Gasteiger partial charge in [0.15, 0.2) is 0 Å². The molecule has 1 saturated heterocycles. The van der Waals surface area contributed by atoms with Crippen LogP contribution in [0.15, 0.2) is 73.3 Å². The number of morpholine rings is 1. The molecule has 1 aliphatic rings. The minimum Gasteiger partial charge on any atom is -0.375 e. The topological polar surface area (TPSA) is 60.2 Å². The molecular weight excluding hydrogens is 364 g/mol. The number of amides is 1. The predicted molar refractivity (Wildman–Crippen MR) is 110 cm³/mol. The van der Waals surface area contributed by atoms with Crippen LogP contribution in [0.2, 0.25) is 0 Å². The van der Waals surface area contributed by atoms with Crippen molar-refractivity contribution in [1.29, 1.82) is 0 Å². The van der Waals surface area contributed by atoms with Crippen LogP contribution in [0.3, 0.4) is 0 Å². The highest BCUT2D eigenvalue weighted by Gasteiger charge is 2.27. The lowest BCUT2D eigenvalue weighted by molar-refractivity contribution is -0.139. The van der Waals surface area contributed by atoms with Crippen molar-refractivity contribution >= 4 is 5.91 Å². The van der Waals surface area contributed by atoms with Gasteiger partial charge in [-0.25, -0.2) is 4.98 Å². The van der Waals surface area contributed by atoms with Gasteiger partial charge in [-0.2, -0.15) is 5.10 Å². The summed E-state index contributed by atoms with van der Waals surface area (Å²) in [7, 11) is 0. The van der Waals surface area contributed by atoms with Gasteiger partial charge in [-0.15, -0.1) is 0 Å². The lowest BCUT2D eigenvalue weighted by Gasteiger charge is -2.35. The summed E-state index contributed by atoms with van der Waals surface area (Å²) in [4.78, 5) is 18.5. The average molecular weight is 390 g/mol. The van der Waals surface area contributed by atoms with Crippen molar-refractivity contribution in [2.75, 3.05) is 19.7 Å². The molecule has 1 aromatic heterocycles. The Morgan fingerprint density at radius 3 is 2.38 bits per heavy atom. The second-order valence-corrected chi connectivity index (χ2v) is 7.35. The summed E-state index contributed by atoms with van der Waals surface area (Å²) < 4.78 is 7.75. The molecule has 1 atom stereocenters. The fraction of sp³-hybridized carbons (Fsp3) is 0.348. The molecule has 1 fully saturated rings. The van der Waals surface area contributed by atoms with Crippen LogP contribution in [0, 0.1) is 0 Å². The van der Waals surface area contributed by atoms with Crippen molar-refractivity contribution in [2.45, 2.75) is 31.4 Å². The molecule has 4 rings (SSSR count). The molecule has 0 spiro atoms. The van der Waals surface area contributed by atoms with Gasteiger partial charge in [0, 0.05) is 25.4 Å². The molecule has 0 aliphatic carbocycles. The largest absolute Gasteiger partial charge is 0.375 e. The van der Waals surface area contributed by atoms with Gasteiger partial charge in [0.2, 0.25) is 5.91 Å². The van der Waals surface area contributed by atoms with Crippen LogP contribution in [0.5, 0.6) is 0 Å². The number of carbonyl (C=O) groups excluding carboxylic acids is 1. The Morgan fingerprint density at radius 1 is 1.07 bits per heavy atom. The minimum absolute atomic E-state index is 0.0180. The molecule has 0 bridgehead atoms. The van der Waals surface area contributed by atoms with E-state index >= 15 is 0 Å². The quantitative estimate of drug-likeness (QED) is 0.622. The van der Waals surface area contributed by atoms with E-state index in [0.29, 0.717) is 32.7 Å². The number of nitrogens with zero attached hydrogens (tertiary/aromatic N) is 4. The van der Waals surface area contributed by atoms with Crippen LogP contribution >= 0.6 is 0 Å². The molecule has 1 amide bonds. The van der Waals surface area contributed by atoms with Crippen LogP contribution in [0.4, 0.5) is 0 Å². The van der Waals surface area contributed by atoms with Crippen molar-refractivity contribution in [3.8, 4) is 0 Å². The van der Waals surface area contributed by atoms with Crippen LogP contribution in [-0.4, -0.2) is 51.4 Å². The molecule has 29 heavy (non-hydrogen) atoms. The normalized spacial score (nSPS) is 16.9. The van der Waals surface area contributed by atoms with Gasteiger partial charge < -0.3 is 9.64 Å². The molecule has 2 heterocycles. The second-order valence-electron chi connectivity index (χ2n) is 7.35. The summed E-state index contributed by atoms with van der Waals surface area (Å²) in [6.07, 6.45) is 4.42. The Bertz CT molecular complexity index is 844. The lowest BCUT2D eigenvalue weighted by atomic mass is 9.86. The highest BCUT2D eigenvalue weighted by molar-refractivity contribution is 5.76. The highest BCUT2D eigenvalue weighted by atomic mass is 16.5. The second kappa shape index (κ2) is 9.47. The predicted octanol–water partition coefficient (Wildman–Crippen LogP) is 3.12. The van der Waals surface area contributed by atoms with Gasteiger partial charge in [-0.3, -0.25) is 9.48 Å². The first-order valence-corrected chi connectivity index (χ1v) is 10.1. The SMILES string of the molecule is O=C(CCn1cncn1)N1CCO[C@@H](CC(c2ccccc2)c2ccccc2)C1. The maximum Gasteiger partial charge on any atom is 0.224 e. The summed E-state index contributed by atoms with van der Waals surface area (Å²) in [5.74, 6) is 0.386. The molecule has 1 aliphatic heterocycles. The fourth-order valence-electron chi connectivity index (χ4n) is 3.90. The zero-order valence-corrected chi connectivity index (χ0v) is 16.4. The van der Waals surface area contributed by atoms with E-state index < -0.39 is 0 Å². The first-order valence-electron chi connectivity index (χ1n) is 10.1. The van der Waals surface area contributed by atoms with E-state index in [9.17, 15) is 4.79 Å². The first-order chi connectivity index (χ1) is 14.3. The Morgan fingerprint density at radius 2 is 1.76 bits per heavy atom. The molecule has 6 heteroatoms. The molecule has 2 aromatic carbocycles. The molecule has 3 aromatic rings. The van der Waals surface area contributed by atoms with E-state index in [-0.39, 0.29) is 17.9 Å². The third-order valence-corrected chi connectivity index (χ3v) is 5.42. The summed E-state index contributed by atoms with van der Waals surface area (Å²) in [5.41, 5.74) is 2.55. The standard InChI is InChI=1S/C23H26N4O2/c28-23(11-12-27-18-24-17-25-27)26-13-14-29-21(16-26)15-22(19-7-3-1-4-8-19)20-9-5-2-6-10-20/h1-10,17-18,21-22H,11-16H2/t21-/m0/s1. The summed E-state index contributed by atoms with van der Waals surface area (Å²) in [6, 6.07) is 21.1. The molecule has 150 valence electrons. The van der Waals surface area contributed by atoms with E-state index in [1.165, 1.54) is 17.5 Å². The zero-order chi connectivity index (χ0) is 19.9. The Labute approximate surface area is 171 Å². The average Bonchev–Trinajstić information content (AvgIpc) is 3.31. The summed E-state index contributed by atoms with van der Waals surface area (Å²) in [6.45, 7) is 2.41. The van der Waals surface area contributed by atoms with Crippen molar-refractivity contribution in [2.24, 2.45) is 0 Å². The Balaban J connectivity index is 1.42. The van der Waals surface area contributed by atoms with Gasteiger partial charge in [-0.1, -0.05) is 60.7 Å². The minimum atomic E-state index is 0.0180. The van der Waals surface area contributed by atoms with Gasteiger partial charge in [-0.05, 0) is 17.5 Å². The third-order valence-electron chi connectivity index (χ3n) is 5.42. The van der Waals surface area contributed by atoms with Gasteiger partial charge >= 0.3 is 0 Å². The van der Waals surface area contributed by atoms with Gasteiger partial charge in [0.05, 0.1) is 19.3 Å². The van der Waals surface area contributed by atoms with Crippen molar-refractivity contribution in [3.63, 3.8) is 0 Å². The van der Waals surface area contributed by atoms with Crippen LogP contribution in [0.25, 0.3) is 0 Å². The first kappa shape index (κ1) is 19.3. The van der Waals surface area contributed by atoms with Gasteiger partial charge in [0.1, 0.15) is 12.7 Å². The highest BCUT2D eigenvalue weighted by Crippen LogP contribution is 2.30. The molecule has 0 unspecified atom stereocenters. The third kappa shape index (κ3) is 5.09. The number of aryl methyl sites for hydroxylation is 1. The molecule has 0 radical (unpaired) electrons. The smallest absolute Gasteiger partial charge is 0.224 e.